The molecule has 1 saturated heterocycles. The second-order valence-corrected chi connectivity index (χ2v) is 17.7. The molecule has 8 nitrogen and oxygen atoms in total. The summed E-state index contributed by atoms with van der Waals surface area (Å²) in [7, 11) is 0. The zero-order chi connectivity index (χ0) is 38.6. The molecule has 7 unspecified atom stereocenters. The number of fused-ring (bicyclic) bond motifs is 3. The minimum absolute atomic E-state index is 0.0169. The number of hydrogen-bond acceptors (Lipinski definition) is 7. The van der Waals surface area contributed by atoms with Gasteiger partial charge in [0.2, 0.25) is 0 Å². The first-order valence-corrected chi connectivity index (χ1v) is 21.8. The Morgan fingerprint density at radius 2 is 1.51 bits per heavy atom. The number of epoxide rings is 1. The predicted octanol–water partition coefficient (Wildman–Crippen LogP) is 5.13. The van der Waals surface area contributed by atoms with Crippen LogP contribution in [0.25, 0.3) is 21.8 Å². The van der Waals surface area contributed by atoms with E-state index in [1.165, 1.54) is 7.14 Å². The van der Waals surface area contributed by atoms with Crippen molar-refractivity contribution in [2.45, 2.75) is 70.7 Å². The number of para-hydroxylation sites is 2. The molecular weight excluding hydrogens is 805 g/mol. The summed E-state index contributed by atoms with van der Waals surface area (Å²) < 4.78 is 21.7. The Morgan fingerprint density at radius 1 is 0.873 bits per heavy atom. The van der Waals surface area contributed by atoms with Crippen molar-refractivity contribution in [2.24, 2.45) is 23.7 Å². The van der Waals surface area contributed by atoms with Crippen LogP contribution in [0.3, 0.4) is 0 Å². The number of ether oxygens (including phenoxy) is 3. The van der Waals surface area contributed by atoms with Crippen molar-refractivity contribution in [3.63, 3.8) is 0 Å². The molecule has 0 radical (unpaired) electrons. The summed E-state index contributed by atoms with van der Waals surface area (Å²) in [5.74, 6) is 0.782. The van der Waals surface area contributed by atoms with Crippen LogP contribution in [0, 0.1) is 30.8 Å². The van der Waals surface area contributed by atoms with Gasteiger partial charge in [0.15, 0.2) is 0 Å². The molecule has 2 heterocycles. The van der Waals surface area contributed by atoms with Crippen LogP contribution >= 0.6 is 0 Å². The van der Waals surface area contributed by atoms with Crippen LogP contribution in [-0.4, -0.2) is 65.7 Å². The zero-order valence-electron chi connectivity index (χ0n) is 32.0. The van der Waals surface area contributed by atoms with Crippen molar-refractivity contribution in [2.75, 3.05) is 26.4 Å². The van der Waals surface area contributed by atoms with E-state index in [0.29, 0.717) is 13.0 Å². The van der Waals surface area contributed by atoms with E-state index in [9.17, 15) is 15.0 Å². The average molecular weight is 861 g/mol. The standard InChI is InChI=1S/C46H55INO7/c1-4-33(27-34(5-2)44(50)29-54-46(51)20-13-25-52-38-23-21-37(22-24-38)47-36-14-7-6-8-15-36)28-35(45-31-53-45)26-32(3)43(49)30-55-48-41-18-11-9-16-39(41)40-17-10-12-19-42(40)48/h4,6-12,14-19,21-24,32-35,43-45,49-50H,1,5,13,20,25-31H2,2-3H3/q-1. The Labute approximate surface area is 335 Å². The van der Waals surface area contributed by atoms with Crippen molar-refractivity contribution in [1.29, 1.82) is 0 Å². The summed E-state index contributed by atoms with van der Waals surface area (Å²) in [6.07, 6.45) is 4.59. The third-order valence-electron chi connectivity index (χ3n) is 10.7. The fourth-order valence-electron chi connectivity index (χ4n) is 7.36. The summed E-state index contributed by atoms with van der Waals surface area (Å²) in [4.78, 5) is 18.8. The summed E-state index contributed by atoms with van der Waals surface area (Å²) in [5.41, 5.74) is 1.96. The number of esters is 1. The van der Waals surface area contributed by atoms with Crippen LogP contribution in [-0.2, 0) is 14.3 Å². The minimum atomic E-state index is -0.765. The minimum Gasteiger partial charge on any atom is -0.410 e. The number of aliphatic hydroxyl groups is 2. The van der Waals surface area contributed by atoms with Gasteiger partial charge in [0.25, 0.3) is 0 Å². The summed E-state index contributed by atoms with van der Waals surface area (Å²) in [6.45, 7) is 9.54. The smallest absolute Gasteiger partial charge is 0.141 e. The van der Waals surface area contributed by atoms with Gasteiger partial charge in [-0.1, -0.05) is 62.7 Å². The van der Waals surface area contributed by atoms with E-state index in [1.54, 1.807) is 0 Å². The monoisotopic (exact) mass is 860 g/mol. The molecule has 9 heteroatoms. The second kappa shape index (κ2) is 20.3. The number of benzene rings is 4. The van der Waals surface area contributed by atoms with Crippen molar-refractivity contribution >= 4 is 27.8 Å². The number of aromatic nitrogens is 1. The molecule has 0 spiro atoms. The van der Waals surface area contributed by atoms with Crippen molar-refractivity contribution in [1.82, 2.24) is 4.73 Å². The van der Waals surface area contributed by atoms with Gasteiger partial charge in [0.1, 0.15) is 6.61 Å². The van der Waals surface area contributed by atoms with E-state index in [4.69, 9.17) is 19.0 Å². The first-order chi connectivity index (χ1) is 26.8. The number of carbonyl (C=O) groups is 1. The molecule has 1 aromatic heterocycles. The summed E-state index contributed by atoms with van der Waals surface area (Å²) >= 11 is -0.218. The average Bonchev–Trinajstić information content (AvgIpc) is 4.02. The Balaban J connectivity index is 0.910. The maximum absolute atomic E-state index is 12.5. The molecule has 1 fully saturated rings. The Bertz CT molecular complexity index is 1890. The number of rotatable bonds is 23. The van der Waals surface area contributed by atoms with Crippen LogP contribution in [0.15, 0.2) is 116 Å². The molecule has 294 valence electrons. The molecule has 4 aromatic carbocycles. The van der Waals surface area contributed by atoms with Gasteiger partial charge >= 0.3 is 141 Å². The molecule has 0 bridgehead atoms. The SMILES string of the molecule is C=CC(CC(CC)C(O)COC(=O)CCCOc1ccc([I-]c2ccccc2)cc1)CC(CC(C)C(O)COn1c2ccccc2c2ccccc21)C1CO1. The number of nitrogens with zero attached hydrogens (tertiary/aromatic N) is 1. The van der Waals surface area contributed by atoms with Crippen molar-refractivity contribution in [3.05, 3.63) is 123 Å². The first kappa shape index (κ1) is 40.8. The van der Waals surface area contributed by atoms with Crippen LogP contribution in [0.5, 0.6) is 5.75 Å². The summed E-state index contributed by atoms with van der Waals surface area (Å²) in [5, 5.41) is 24.6. The number of carbonyl (C=O) groups excluding carboxylic acids is 1. The molecule has 0 aliphatic carbocycles. The Kier molecular flexibility index (Phi) is 15.1. The van der Waals surface area contributed by atoms with E-state index < -0.39 is 12.2 Å². The van der Waals surface area contributed by atoms with Gasteiger partial charge in [-0.15, -0.1) is 6.58 Å². The molecular formula is C46H55INO7-. The maximum atomic E-state index is 12.5. The maximum Gasteiger partial charge on any atom is 0.141 e. The fraction of sp³-hybridized carbons (Fsp3) is 0.413. The van der Waals surface area contributed by atoms with Crippen LogP contribution < -0.4 is 30.8 Å². The third-order valence-corrected chi connectivity index (χ3v) is 13.4. The largest absolute Gasteiger partial charge is 0.410 e. The quantitative estimate of drug-likeness (QED) is 0.0309. The van der Waals surface area contributed by atoms with E-state index in [0.717, 1.165) is 59.8 Å². The molecule has 1 aliphatic heterocycles. The second-order valence-electron chi connectivity index (χ2n) is 14.7. The molecule has 1 aliphatic rings. The zero-order valence-corrected chi connectivity index (χ0v) is 34.1. The fourth-order valence-corrected chi connectivity index (χ4v) is 9.57. The normalized spacial score (nSPS) is 17.3. The van der Waals surface area contributed by atoms with Crippen molar-refractivity contribution in [3.8, 4) is 5.75 Å². The van der Waals surface area contributed by atoms with Gasteiger partial charge in [-0.3, -0.25) is 0 Å². The van der Waals surface area contributed by atoms with Gasteiger partial charge in [-0.2, -0.15) is 4.73 Å². The predicted molar refractivity (Wildman–Crippen MR) is 213 cm³/mol. The summed E-state index contributed by atoms with van der Waals surface area (Å²) in [6, 6.07) is 35.0. The first-order valence-electron chi connectivity index (χ1n) is 19.6. The van der Waals surface area contributed by atoms with Crippen LogP contribution in [0.4, 0.5) is 0 Å². The van der Waals surface area contributed by atoms with Gasteiger partial charge in [0.05, 0.1) is 29.8 Å². The van der Waals surface area contributed by atoms with Gasteiger partial charge < -0.3 is 19.8 Å². The van der Waals surface area contributed by atoms with E-state index >= 15 is 0 Å². The molecule has 0 saturated carbocycles. The molecule has 6 rings (SSSR count). The van der Waals surface area contributed by atoms with E-state index in [1.807, 2.05) is 65.4 Å². The van der Waals surface area contributed by atoms with Gasteiger partial charge in [0, 0.05) is 10.8 Å². The van der Waals surface area contributed by atoms with E-state index in [-0.39, 0.29) is 76.6 Å². The van der Waals surface area contributed by atoms with Gasteiger partial charge in [-0.25, -0.2) is 0 Å². The third kappa shape index (κ3) is 11.6. The number of halogens is 1. The molecule has 0 amide bonds. The molecule has 55 heavy (non-hydrogen) atoms. The van der Waals surface area contributed by atoms with Crippen molar-refractivity contribution < 1.29 is 55.3 Å². The number of allylic oxidation sites excluding steroid dienone is 1. The molecule has 2 N–H and O–H groups in total. The van der Waals surface area contributed by atoms with Gasteiger partial charge in [-0.05, 0) is 55.1 Å². The number of aliphatic hydroxyl groups excluding tert-OH is 2. The Morgan fingerprint density at radius 3 is 2.15 bits per heavy atom. The van der Waals surface area contributed by atoms with Crippen LogP contribution in [0.1, 0.15) is 52.4 Å². The Hall–Kier alpha value is -3.90. The van der Waals surface area contributed by atoms with E-state index in [2.05, 4.69) is 69.0 Å². The van der Waals surface area contributed by atoms with Crippen LogP contribution in [0.2, 0.25) is 0 Å². The molecule has 7 atom stereocenters. The number of hydrogen-bond donors (Lipinski definition) is 2. The topological polar surface area (TPSA) is 103 Å². The molecule has 5 aromatic rings.